The molecule has 0 aliphatic carbocycles. The van der Waals surface area contributed by atoms with Crippen LogP contribution in [-0.2, 0) is 95.4 Å². The fourth-order valence-corrected chi connectivity index (χ4v) is 6.47. The van der Waals surface area contributed by atoms with Crippen molar-refractivity contribution < 1.29 is 106 Å². The van der Waals surface area contributed by atoms with Crippen molar-refractivity contribution in [2.45, 2.75) is 208 Å². The lowest BCUT2D eigenvalue weighted by Gasteiger charge is -2.22. The minimum Gasteiger partial charge on any atom is -0.480 e. The summed E-state index contributed by atoms with van der Waals surface area (Å²) in [6.07, 6.45) is 18.5. The van der Waals surface area contributed by atoms with Crippen molar-refractivity contribution >= 4 is 83.9 Å². The Hall–Kier alpha value is -6.89. The third-order valence-electron chi connectivity index (χ3n) is 11.0. The van der Waals surface area contributed by atoms with Crippen LogP contribution in [0.4, 0.5) is 0 Å². The Kier molecular flexibility index (Phi) is 56.6. The van der Waals surface area contributed by atoms with Crippen LogP contribution in [0.5, 0.6) is 0 Å². The number of carbonyl (C=O) groups is 12. The Bertz CT molecular complexity index is 2130. The molecule has 0 spiro atoms. The molecule has 0 saturated carbocycles. The van der Waals surface area contributed by atoms with Crippen LogP contribution in [0.15, 0.2) is 36.5 Å². The maximum atomic E-state index is 12.0. The summed E-state index contributed by atoms with van der Waals surface area (Å²) >= 11 is 0. The van der Waals surface area contributed by atoms with Crippen molar-refractivity contribution in [3.8, 4) is 0 Å². The molecule has 0 aromatic rings. The fraction of sp³-hybridized carbons (Fsp3) is 0.710. The smallest absolute Gasteiger partial charge is 0.341 e. The summed E-state index contributed by atoms with van der Waals surface area (Å²) in [6, 6.07) is 0. The molecule has 0 heterocycles. The second-order valence-corrected chi connectivity index (χ2v) is 22.0. The lowest BCUT2D eigenvalue weighted by molar-refractivity contribution is -0.160. The predicted molar refractivity (Wildman–Crippen MR) is 331 cm³/mol. The molecule has 25 nitrogen and oxygen atoms in total. The number of halogens is 1. The second kappa shape index (κ2) is 55.4. The van der Waals surface area contributed by atoms with E-state index in [0.29, 0.717) is 19.8 Å². The number of ether oxygens (including phenoxy) is 8. The number of aliphatic carboxylic acids is 2. The molecule has 2 amide bonds. The molecule has 88 heavy (non-hydrogen) atoms. The third kappa shape index (κ3) is 62.2. The number of likely N-dealkylation sites (N-methyl/N-ethyl adjacent to an activating group) is 3. The van der Waals surface area contributed by atoms with Crippen molar-refractivity contribution in [3.05, 3.63) is 36.5 Å². The van der Waals surface area contributed by atoms with Gasteiger partial charge in [0, 0.05) is 30.8 Å². The third-order valence-corrected chi connectivity index (χ3v) is 11.0. The number of unbranched alkanes of at least 4 members (excludes halogenated alkanes) is 15. The SMILES string of the molecule is C=C(CC(=O)OCCCCCCCC)C(=O)OCC(=O)N(C)CC(=O)O.C=C(CC(=O)OCCCCCCCC)C(=O)OCC(=O)N(C)CC(=O)OC(C)(C)C.C=C(CC(=O)OCCCCCCCC)C(=O)OCC(=O)O.CNCC(=O)OC(C)(C)C.Cl. The number of carboxylic acids is 2. The average Bonchev–Trinajstić information content (AvgIpc) is 3.50. The molecule has 0 aliphatic rings. The molecule has 0 aromatic heterocycles. The average molecular weight is 1280 g/mol. The zero-order valence-electron chi connectivity index (χ0n) is 54.7. The Labute approximate surface area is 528 Å². The summed E-state index contributed by atoms with van der Waals surface area (Å²) in [7, 11) is 4.39. The highest BCUT2D eigenvalue weighted by Crippen LogP contribution is 2.12. The van der Waals surface area contributed by atoms with Gasteiger partial charge >= 0.3 is 59.7 Å². The first-order valence-corrected chi connectivity index (χ1v) is 29.7. The monoisotopic (exact) mass is 1280 g/mol. The zero-order chi connectivity index (χ0) is 67.4. The summed E-state index contributed by atoms with van der Waals surface area (Å²) in [4.78, 5) is 138. The van der Waals surface area contributed by atoms with Gasteiger partial charge in [0.15, 0.2) is 19.8 Å². The largest absolute Gasteiger partial charge is 0.480 e. The van der Waals surface area contributed by atoms with Crippen molar-refractivity contribution in [2.24, 2.45) is 0 Å². The molecule has 0 aromatic carbocycles. The van der Waals surface area contributed by atoms with E-state index in [2.05, 4.69) is 50.6 Å². The van der Waals surface area contributed by atoms with E-state index in [1.165, 1.54) is 71.9 Å². The van der Waals surface area contributed by atoms with Crippen LogP contribution in [0.3, 0.4) is 0 Å². The van der Waals surface area contributed by atoms with Crippen LogP contribution in [0.2, 0.25) is 0 Å². The highest BCUT2D eigenvalue weighted by molar-refractivity contribution is 5.96. The summed E-state index contributed by atoms with van der Waals surface area (Å²) < 4.78 is 39.2. The number of nitrogens with one attached hydrogen (secondary N) is 1. The number of hydrogen-bond acceptors (Lipinski definition) is 21. The van der Waals surface area contributed by atoms with E-state index in [9.17, 15) is 57.5 Å². The highest BCUT2D eigenvalue weighted by Gasteiger charge is 2.23. The molecule has 0 fully saturated rings. The van der Waals surface area contributed by atoms with Gasteiger partial charge in [-0.3, -0.25) is 38.4 Å². The number of hydrogen-bond donors (Lipinski definition) is 3. The first-order valence-electron chi connectivity index (χ1n) is 29.7. The van der Waals surface area contributed by atoms with Crippen LogP contribution in [0.1, 0.15) is 197 Å². The van der Waals surface area contributed by atoms with Gasteiger partial charge in [0.1, 0.15) is 24.3 Å². The Morgan fingerprint density at radius 2 is 0.682 bits per heavy atom. The van der Waals surface area contributed by atoms with Gasteiger partial charge < -0.3 is 63.2 Å². The molecule has 0 radical (unpaired) electrons. The number of esters is 8. The quantitative estimate of drug-likeness (QED) is 0.0223. The van der Waals surface area contributed by atoms with Crippen LogP contribution < -0.4 is 5.32 Å². The first kappa shape index (κ1) is 89.9. The van der Waals surface area contributed by atoms with Crippen molar-refractivity contribution in [1.29, 1.82) is 0 Å². The number of carbonyl (C=O) groups excluding carboxylic acids is 10. The Morgan fingerprint density at radius 1 is 0.398 bits per heavy atom. The molecule has 0 unspecified atom stereocenters. The van der Waals surface area contributed by atoms with E-state index in [0.717, 1.165) is 67.6 Å². The van der Waals surface area contributed by atoms with Gasteiger partial charge in [-0.2, -0.15) is 0 Å². The minimum absolute atomic E-state index is 0. The van der Waals surface area contributed by atoms with Crippen LogP contribution >= 0.6 is 12.4 Å². The first-order chi connectivity index (χ1) is 40.7. The zero-order valence-corrected chi connectivity index (χ0v) is 55.5. The molecular weight excluding hydrogens is 1170 g/mol. The molecule has 26 heteroatoms. The maximum Gasteiger partial charge on any atom is 0.341 e. The van der Waals surface area contributed by atoms with Crippen LogP contribution in [-0.4, -0.2) is 183 Å². The van der Waals surface area contributed by atoms with Crippen molar-refractivity contribution in [3.63, 3.8) is 0 Å². The van der Waals surface area contributed by atoms with E-state index in [1.54, 1.807) is 27.8 Å². The predicted octanol–water partition coefficient (Wildman–Crippen LogP) is 8.54. The lowest BCUT2D eigenvalue weighted by atomic mass is 10.1. The van der Waals surface area contributed by atoms with E-state index in [1.807, 2.05) is 20.8 Å². The lowest BCUT2D eigenvalue weighted by Crippen LogP contribution is -2.38. The summed E-state index contributed by atoms with van der Waals surface area (Å²) in [5.74, 6) is -8.79. The summed E-state index contributed by atoms with van der Waals surface area (Å²) in [5, 5.41) is 19.6. The van der Waals surface area contributed by atoms with Gasteiger partial charge in [-0.1, -0.05) is 137 Å². The number of rotatable bonds is 42. The van der Waals surface area contributed by atoms with Gasteiger partial charge in [-0.25, -0.2) is 19.2 Å². The molecule has 0 saturated heterocycles. The Balaban J connectivity index is -0.000000364. The van der Waals surface area contributed by atoms with E-state index < -0.39 is 97.5 Å². The second-order valence-electron chi connectivity index (χ2n) is 22.0. The molecular formula is C62H106ClN3O22. The molecule has 508 valence electrons. The number of amides is 2. The number of carboxylic acid groups (broad SMARTS) is 2. The number of nitrogens with zero attached hydrogens (tertiary/aromatic N) is 2. The standard InChI is InChI=1S/C22H37NO7.C18H29NO7.C15H24O6.C7H15NO2.ClH/c1-7-8-9-10-11-12-13-28-19(25)14-17(2)21(27)29-16-18(24)23(6)15-20(26)30-22(3,4)5;1-4-5-6-7-8-9-10-25-17(23)11-14(2)18(24)26-13-15(20)19(3)12-16(21)22;1-3-4-5-6-7-8-9-20-14(18)10-12(2)15(19)21-11-13(16)17;1-7(2,3)10-6(9)5-8-4;/h2,7-16H2,1,3-6H3;2,4-13H2,1,3H3,(H,21,22);2-11H2,1H3,(H,16,17);8H,5H2,1-4H3;1H. The van der Waals surface area contributed by atoms with Crippen LogP contribution in [0.25, 0.3) is 0 Å². The maximum absolute atomic E-state index is 12.0. The summed E-state index contributed by atoms with van der Waals surface area (Å²) in [5.41, 5.74) is -1.34. The molecule has 0 rings (SSSR count). The molecule has 0 aliphatic heterocycles. The highest BCUT2D eigenvalue weighted by atomic mass is 35.5. The Morgan fingerprint density at radius 3 is 0.966 bits per heavy atom. The summed E-state index contributed by atoms with van der Waals surface area (Å²) in [6.45, 7) is 26.0. The van der Waals surface area contributed by atoms with Gasteiger partial charge in [0.25, 0.3) is 11.8 Å². The van der Waals surface area contributed by atoms with E-state index >= 15 is 0 Å². The fourth-order valence-electron chi connectivity index (χ4n) is 6.47. The van der Waals surface area contributed by atoms with Crippen molar-refractivity contribution in [2.75, 3.05) is 80.4 Å². The van der Waals surface area contributed by atoms with Gasteiger partial charge in [0.05, 0.1) is 45.6 Å². The minimum atomic E-state index is -1.26. The van der Waals surface area contributed by atoms with Crippen molar-refractivity contribution in [1.82, 2.24) is 15.1 Å². The van der Waals surface area contributed by atoms with Gasteiger partial charge in [-0.05, 0) is 67.9 Å². The van der Waals surface area contributed by atoms with Gasteiger partial charge in [0.2, 0.25) is 0 Å². The van der Waals surface area contributed by atoms with Crippen LogP contribution in [0, 0.1) is 0 Å². The normalized spacial score (nSPS) is 10.3. The van der Waals surface area contributed by atoms with Gasteiger partial charge in [-0.15, -0.1) is 12.4 Å². The van der Waals surface area contributed by atoms with E-state index in [-0.39, 0.29) is 73.0 Å². The molecule has 3 N–H and O–H groups in total. The van der Waals surface area contributed by atoms with E-state index in [4.69, 9.17) is 43.4 Å². The molecule has 0 bridgehead atoms. The topological polar surface area (TPSA) is 338 Å². The molecule has 0 atom stereocenters.